The molecule has 0 saturated carbocycles. The first kappa shape index (κ1) is 18.8. The Kier molecular flexibility index (Phi) is 6.19. The van der Waals surface area contributed by atoms with E-state index in [0.717, 1.165) is 29.7 Å². The molecule has 3 aromatic rings. The van der Waals surface area contributed by atoms with Crippen molar-refractivity contribution in [2.75, 3.05) is 0 Å². The Labute approximate surface area is 159 Å². The molecule has 0 spiro atoms. The van der Waals surface area contributed by atoms with Gasteiger partial charge >= 0.3 is 0 Å². The predicted octanol–water partition coefficient (Wildman–Crippen LogP) is 4.49. The Morgan fingerprint density at radius 3 is 2.42 bits per heavy atom. The minimum atomic E-state index is -3.61. The van der Waals surface area contributed by atoms with Gasteiger partial charge in [0, 0.05) is 12.7 Å². The van der Waals surface area contributed by atoms with Crippen molar-refractivity contribution in [2.24, 2.45) is 0 Å². The van der Waals surface area contributed by atoms with Crippen molar-refractivity contribution in [1.82, 2.24) is 9.29 Å². The maximum Gasteiger partial charge on any atom is 0.243 e. The van der Waals surface area contributed by atoms with Gasteiger partial charge in [0.1, 0.15) is 0 Å². The average molecular weight is 387 g/mol. The lowest BCUT2D eigenvalue weighted by atomic mass is 10.1. The molecule has 0 unspecified atom stereocenters. The van der Waals surface area contributed by atoms with E-state index in [1.165, 1.54) is 4.31 Å². The highest BCUT2D eigenvalue weighted by Gasteiger charge is 2.25. The zero-order valence-corrected chi connectivity index (χ0v) is 16.3. The van der Waals surface area contributed by atoms with Gasteiger partial charge in [0.05, 0.1) is 17.1 Å². The van der Waals surface area contributed by atoms with Gasteiger partial charge in [-0.05, 0) is 58.6 Å². The molecule has 0 aliphatic heterocycles. The van der Waals surface area contributed by atoms with Gasteiger partial charge in [0.25, 0.3) is 0 Å². The summed E-state index contributed by atoms with van der Waals surface area (Å²) < 4.78 is 28.0. The summed E-state index contributed by atoms with van der Waals surface area (Å²) in [6, 6.07) is 14.7. The molecule has 0 saturated heterocycles. The molecule has 3 rings (SSSR count). The van der Waals surface area contributed by atoms with Crippen LogP contribution in [0.1, 0.15) is 30.2 Å². The number of aromatic nitrogens is 1. The monoisotopic (exact) mass is 386 g/mol. The molecule has 0 aliphatic rings. The van der Waals surface area contributed by atoms with E-state index in [2.05, 4.69) is 11.9 Å². The minimum absolute atomic E-state index is 0.246. The number of benzene rings is 1. The molecule has 0 bridgehead atoms. The van der Waals surface area contributed by atoms with Crippen LogP contribution >= 0.6 is 11.3 Å². The number of hydrogen-bond donors (Lipinski definition) is 0. The number of hydrogen-bond acceptors (Lipinski definition) is 4. The summed E-state index contributed by atoms with van der Waals surface area (Å²) in [7, 11) is -3.61. The van der Waals surface area contributed by atoms with E-state index in [9.17, 15) is 8.42 Å². The van der Waals surface area contributed by atoms with E-state index in [0.29, 0.717) is 11.4 Å². The summed E-state index contributed by atoms with van der Waals surface area (Å²) >= 11 is 1.56. The van der Waals surface area contributed by atoms with Gasteiger partial charge in [0.15, 0.2) is 0 Å². The standard InChI is InChI=1S/C20H22N2O2S2/c1-2-5-17-7-9-20(10-8-17)26(23,24)22(14-18-11-13-25-16-18)15-19-6-3-4-12-21-19/h3-4,6-13,16H,2,5,14-15H2,1H3. The molecular formula is C20H22N2O2S2. The molecule has 0 N–H and O–H groups in total. The normalized spacial score (nSPS) is 11.8. The second-order valence-electron chi connectivity index (χ2n) is 6.12. The fourth-order valence-electron chi connectivity index (χ4n) is 2.75. The average Bonchev–Trinajstić information content (AvgIpc) is 3.16. The molecule has 26 heavy (non-hydrogen) atoms. The summed E-state index contributed by atoms with van der Waals surface area (Å²) in [5, 5.41) is 3.94. The topological polar surface area (TPSA) is 50.3 Å². The highest BCUT2D eigenvalue weighted by molar-refractivity contribution is 7.89. The van der Waals surface area contributed by atoms with Crippen LogP contribution in [0, 0.1) is 0 Å². The zero-order valence-electron chi connectivity index (χ0n) is 14.7. The first-order valence-electron chi connectivity index (χ1n) is 8.59. The van der Waals surface area contributed by atoms with Crippen LogP contribution in [-0.2, 0) is 29.5 Å². The number of sulfonamides is 1. The summed E-state index contributed by atoms with van der Waals surface area (Å²) in [6.45, 7) is 2.69. The van der Waals surface area contributed by atoms with E-state index in [4.69, 9.17) is 0 Å². The Balaban J connectivity index is 1.90. The predicted molar refractivity (Wildman–Crippen MR) is 105 cm³/mol. The van der Waals surface area contributed by atoms with E-state index >= 15 is 0 Å². The van der Waals surface area contributed by atoms with Gasteiger partial charge in [-0.1, -0.05) is 31.5 Å². The van der Waals surface area contributed by atoms with Crippen molar-refractivity contribution in [3.8, 4) is 0 Å². The van der Waals surface area contributed by atoms with E-state index < -0.39 is 10.0 Å². The Bertz CT molecular complexity index is 906. The van der Waals surface area contributed by atoms with E-state index in [1.54, 1.807) is 29.7 Å². The van der Waals surface area contributed by atoms with Gasteiger partial charge in [-0.25, -0.2) is 8.42 Å². The lowest BCUT2D eigenvalue weighted by Crippen LogP contribution is -2.30. The molecule has 1 aromatic carbocycles. The lowest BCUT2D eigenvalue weighted by molar-refractivity contribution is 0.397. The fraction of sp³-hybridized carbons (Fsp3) is 0.250. The molecule has 6 heteroatoms. The highest BCUT2D eigenvalue weighted by atomic mass is 32.2. The van der Waals surface area contributed by atoms with E-state index in [1.807, 2.05) is 47.2 Å². The van der Waals surface area contributed by atoms with Crippen LogP contribution in [0.5, 0.6) is 0 Å². The molecule has 0 atom stereocenters. The van der Waals surface area contributed by atoms with Crippen LogP contribution in [0.3, 0.4) is 0 Å². The maximum absolute atomic E-state index is 13.2. The van der Waals surface area contributed by atoms with Gasteiger partial charge in [-0.2, -0.15) is 15.6 Å². The number of rotatable bonds is 8. The van der Waals surface area contributed by atoms with Gasteiger partial charge in [-0.15, -0.1) is 0 Å². The third-order valence-corrected chi connectivity index (χ3v) is 6.64. The van der Waals surface area contributed by atoms with Gasteiger partial charge in [-0.3, -0.25) is 4.98 Å². The number of aryl methyl sites for hydroxylation is 1. The van der Waals surface area contributed by atoms with Gasteiger partial charge in [0.2, 0.25) is 10.0 Å². The smallest absolute Gasteiger partial charge is 0.243 e. The number of pyridine rings is 1. The van der Waals surface area contributed by atoms with Crippen molar-refractivity contribution < 1.29 is 8.42 Å². The third kappa shape index (κ3) is 4.58. The second-order valence-corrected chi connectivity index (χ2v) is 8.84. The summed E-state index contributed by atoms with van der Waals surface area (Å²) in [5.41, 5.74) is 2.87. The van der Waals surface area contributed by atoms with Crippen LogP contribution in [0.2, 0.25) is 0 Å². The van der Waals surface area contributed by atoms with Crippen LogP contribution in [0.4, 0.5) is 0 Å². The summed E-state index contributed by atoms with van der Waals surface area (Å²) in [4.78, 5) is 4.61. The third-order valence-electron chi connectivity index (χ3n) is 4.10. The van der Waals surface area contributed by atoms with Crippen LogP contribution in [0.15, 0.2) is 70.4 Å². The van der Waals surface area contributed by atoms with Crippen LogP contribution < -0.4 is 0 Å². The van der Waals surface area contributed by atoms with Crippen LogP contribution in [0.25, 0.3) is 0 Å². The molecule has 4 nitrogen and oxygen atoms in total. The minimum Gasteiger partial charge on any atom is -0.260 e. The molecule has 2 aromatic heterocycles. The van der Waals surface area contributed by atoms with Crippen molar-refractivity contribution in [2.45, 2.75) is 37.8 Å². The molecule has 2 heterocycles. The summed E-state index contributed by atoms with van der Waals surface area (Å²) in [5.74, 6) is 0. The highest BCUT2D eigenvalue weighted by Crippen LogP contribution is 2.22. The second kappa shape index (κ2) is 8.58. The number of thiophene rings is 1. The molecule has 0 radical (unpaired) electrons. The van der Waals surface area contributed by atoms with Crippen molar-refractivity contribution in [3.63, 3.8) is 0 Å². The SMILES string of the molecule is CCCc1ccc(S(=O)(=O)N(Cc2ccsc2)Cc2ccccn2)cc1. The number of nitrogens with zero attached hydrogens (tertiary/aromatic N) is 2. The van der Waals surface area contributed by atoms with Crippen molar-refractivity contribution in [3.05, 3.63) is 82.3 Å². The van der Waals surface area contributed by atoms with Crippen molar-refractivity contribution in [1.29, 1.82) is 0 Å². The molecule has 0 aliphatic carbocycles. The zero-order chi connectivity index (χ0) is 18.4. The summed E-state index contributed by atoms with van der Waals surface area (Å²) in [6.07, 6.45) is 3.67. The maximum atomic E-state index is 13.2. The first-order valence-corrected chi connectivity index (χ1v) is 11.0. The largest absolute Gasteiger partial charge is 0.260 e. The Morgan fingerprint density at radius 1 is 1.00 bits per heavy atom. The van der Waals surface area contributed by atoms with E-state index in [-0.39, 0.29) is 6.54 Å². The molecular weight excluding hydrogens is 364 g/mol. The van der Waals surface area contributed by atoms with Gasteiger partial charge < -0.3 is 0 Å². The van der Waals surface area contributed by atoms with Crippen molar-refractivity contribution >= 4 is 21.4 Å². The fourth-order valence-corrected chi connectivity index (χ4v) is 4.81. The lowest BCUT2D eigenvalue weighted by Gasteiger charge is -2.22. The Hall–Kier alpha value is -2.02. The molecule has 136 valence electrons. The Morgan fingerprint density at radius 2 is 1.81 bits per heavy atom. The van der Waals surface area contributed by atoms with Crippen LogP contribution in [-0.4, -0.2) is 17.7 Å². The quantitative estimate of drug-likeness (QED) is 0.573. The molecule has 0 fully saturated rings. The first-order chi connectivity index (χ1) is 12.6. The molecule has 0 amide bonds.